The highest BCUT2D eigenvalue weighted by Crippen LogP contribution is 2.28. The Morgan fingerprint density at radius 1 is 1.25 bits per heavy atom. The zero-order valence-corrected chi connectivity index (χ0v) is 15.1. The van der Waals surface area contributed by atoms with Gasteiger partial charge in [-0.05, 0) is 32.9 Å². The molecule has 0 saturated heterocycles. The molecule has 0 unspecified atom stereocenters. The minimum atomic E-state index is -1.40. The number of aliphatic carboxylic acids is 1. The van der Waals surface area contributed by atoms with E-state index in [-0.39, 0.29) is 5.82 Å². The predicted molar refractivity (Wildman–Crippen MR) is 89.9 cm³/mol. The van der Waals surface area contributed by atoms with E-state index >= 15 is 0 Å². The second kappa shape index (κ2) is 6.41. The minimum absolute atomic E-state index is 0.139. The van der Waals surface area contributed by atoms with Crippen LogP contribution in [0.1, 0.15) is 30.3 Å². The molecule has 7 nitrogen and oxygen atoms in total. The summed E-state index contributed by atoms with van der Waals surface area (Å²) in [6, 6.07) is 4.98. The molecule has 0 bridgehead atoms. The van der Waals surface area contributed by atoms with Crippen molar-refractivity contribution in [3.05, 3.63) is 39.9 Å². The van der Waals surface area contributed by atoms with Gasteiger partial charge in [-0.1, -0.05) is 29.3 Å². The summed E-state index contributed by atoms with van der Waals surface area (Å²) in [6.45, 7) is 4.48. The van der Waals surface area contributed by atoms with Crippen molar-refractivity contribution in [1.82, 2.24) is 19.7 Å². The van der Waals surface area contributed by atoms with Crippen molar-refractivity contribution in [3.8, 4) is 5.69 Å². The van der Waals surface area contributed by atoms with E-state index in [9.17, 15) is 14.7 Å². The standard InChI is InChI=1S/C15H16Cl2N4O3/c1-8-18-12(13(22)20(4)15(2,3)14(23)24)19-21(8)11-9(16)6-5-7-10(11)17/h5-7H,1-4H3,(H,23,24). The van der Waals surface area contributed by atoms with E-state index in [1.165, 1.54) is 25.6 Å². The van der Waals surface area contributed by atoms with Gasteiger partial charge in [0.2, 0.25) is 5.82 Å². The van der Waals surface area contributed by atoms with Gasteiger partial charge in [0.05, 0.1) is 10.0 Å². The molecule has 0 radical (unpaired) electrons. The lowest BCUT2D eigenvalue weighted by atomic mass is 10.0. The second-order valence-corrected chi connectivity index (χ2v) is 6.51. The highest BCUT2D eigenvalue weighted by molar-refractivity contribution is 6.37. The van der Waals surface area contributed by atoms with E-state index in [4.69, 9.17) is 23.2 Å². The fourth-order valence-corrected chi connectivity index (χ4v) is 2.49. The maximum Gasteiger partial charge on any atom is 0.329 e. The van der Waals surface area contributed by atoms with Crippen LogP contribution >= 0.6 is 23.2 Å². The summed E-state index contributed by atoms with van der Waals surface area (Å²) >= 11 is 12.3. The summed E-state index contributed by atoms with van der Waals surface area (Å²) in [5.41, 5.74) is -0.997. The SMILES string of the molecule is Cc1nc(C(=O)N(C)C(C)(C)C(=O)O)nn1-c1c(Cl)cccc1Cl. The number of amides is 1. The number of carboxylic acid groups (broad SMARTS) is 1. The molecular formula is C15H16Cl2N4O3. The van der Waals surface area contributed by atoms with Crippen LogP contribution in [0.2, 0.25) is 10.0 Å². The molecular weight excluding hydrogens is 355 g/mol. The Bertz CT molecular complexity index is 797. The molecule has 0 spiro atoms. The lowest BCUT2D eigenvalue weighted by molar-refractivity contribution is -0.147. The normalized spacial score (nSPS) is 11.4. The summed E-state index contributed by atoms with van der Waals surface area (Å²) in [7, 11) is 1.38. The molecule has 24 heavy (non-hydrogen) atoms. The van der Waals surface area contributed by atoms with E-state index in [2.05, 4.69) is 10.1 Å². The number of aromatic nitrogens is 3. The molecule has 1 aromatic carbocycles. The molecule has 0 atom stereocenters. The van der Waals surface area contributed by atoms with Gasteiger partial charge in [-0.25, -0.2) is 14.5 Å². The van der Waals surface area contributed by atoms with Crippen molar-refractivity contribution in [2.75, 3.05) is 7.05 Å². The van der Waals surface area contributed by atoms with E-state index in [1.54, 1.807) is 25.1 Å². The summed E-state index contributed by atoms with van der Waals surface area (Å²) in [4.78, 5) is 29.0. The van der Waals surface area contributed by atoms with Crippen molar-refractivity contribution in [2.45, 2.75) is 26.3 Å². The van der Waals surface area contributed by atoms with Gasteiger partial charge in [-0.3, -0.25) is 4.79 Å². The van der Waals surface area contributed by atoms with Crippen LogP contribution in [0.15, 0.2) is 18.2 Å². The lowest BCUT2D eigenvalue weighted by Gasteiger charge is -2.30. The topological polar surface area (TPSA) is 88.3 Å². The Hall–Kier alpha value is -2.12. The number of carbonyl (C=O) groups is 2. The smallest absolute Gasteiger partial charge is 0.329 e. The van der Waals surface area contributed by atoms with Gasteiger partial charge in [-0.15, -0.1) is 5.10 Å². The first kappa shape index (κ1) is 18.2. The molecule has 9 heteroatoms. The van der Waals surface area contributed by atoms with Crippen LogP contribution < -0.4 is 0 Å². The van der Waals surface area contributed by atoms with Crippen molar-refractivity contribution in [3.63, 3.8) is 0 Å². The first-order chi connectivity index (χ1) is 11.1. The van der Waals surface area contributed by atoms with E-state index in [0.717, 1.165) is 4.90 Å². The van der Waals surface area contributed by atoms with Gasteiger partial charge in [0, 0.05) is 7.05 Å². The number of hydrogen-bond donors (Lipinski definition) is 1. The number of hydrogen-bond acceptors (Lipinski definition) is 4. The summed E-state index contributed by atoms with van der Waals surface area (Å²) < 4.78 is 1.36. The van der Waals surface area contributed by atoms with Crippen LogP contribution in [0.3, 0.4) is 0 Å². The lowest BCUT2D eigenvalue weighted by Crippen LogP contribution is -2.51. The number of nitrogens with zero attached hydrogens (tertiary/aromatic N) is 4. The number of rotatable bonds is 4. The molecule has 0 aliphatic heterocycles. The quantitative estimate of drug-likeness (QED) is 0.893. The average molecular weight is 371 g/mol. The van der Waals surface area contributed by atoms with Crippen LogP contribution in [0.4, 0.5) is 0 Å². The third kappa shape index (κ3) is 3.09. The second-order valence-electron chi connectivity index (χ2n) is 5.69. The highest BCUT2D eigenvalue weighted by Gasteiger charge is 2.37. The predicted octanol–water partition coefficient (Wildman–Crippen LogP) is 2.82. The fourth-order valence-electron chi connectivity index (χ4n) is 1.93. The van der Waals surface area contributed by atoms with E-state index in [0.29, 0.717) is 21.6 Å². The molecule has 0 fully saturated rings. The molecule has 1 heterocycles. The molecule has 128 valence electrons. The van der Waals surface area contributed by atoms with Crippen LogP contribution in [-0.4, -0.2) is 49.2 Å². The number of aryl methyl sites for hydroxylation is 1. The number of likely N-dealkylation sites (N-methyl/N-ethyl adjacent to an activating group) is 1. The first-order valence-electron chi connectivity index (χ1n) is 6.97. The molecule has 1 aromatic heterocycles. The van der Waals surface area contributed by atoms with Crippen molar-refractivity contribution in [2.24, 2.45) is 0 Å². The zero-order valence-electron chi connectivity index (χ0n) is 13.5. The highest BCUT2D eigenvalue weighted by atomic mass is 35.5. The summed E-state index contributed by atoms with van der Waals surface area (Å²) in [6.07, 6.45) is 0. The summed E-state index contributed by atoms with van der Waals surface area (Å²) in [5, 5.41) is 14.1. The van der Waals surface area contributed by atoms with Crippen molar-refractivity contribution in [1.29, 1.82) is 0 Å². The van der Waals surface area contributed by atoms with Gasteiger partial charge in [0.25, 0.3) is 5.91 Å². The van der Waals surface area contributed by atoms with Crippen molar-refractivity contribution < 1.29 is 14.7 Å². The van der Waals surface area contributed by atoms with Gasteiger partial charge >= 0.3 is 5.97 Å². The van der Waals surface area contributed by atoms with Gasteiger partial charge in [0.15, 0.2) is 0 Å². The zero-order chi connectivity index (χ0) is 18.2. The monoisotopic (exact) mass is 370 g/mol. The fraction of sp³-hybridized carbons (Fsp3) is 0.333. The Morgan fingerprint density at radius 3 is 2.29 bits per heavy atom. The number of carboxylic acids is 1. The molecule has 0 aliphatic carbocycles. The number of carbonyl (C=O) groups excluding carboxylic acids is 1. The largest absolute Gasteiger partial charge is 0.480 e. The van der Waals surface area contributed by atoms with Gasteiger partial charge in [-0.2, -0.15) is 0 Å². The number of para-hydroxylation sites is 1. The van der Waals surface area contributed by atoms with Crippen LogP contribution in [0.25, 0.3) is 5.69 Å². The summed E-state index contributed by atoms with van der Waals surface area (Å²) in [5.74, 6) is -1.49. The maximum absolute atomic E-state index is 12.5. The Balaban J connectivity index is 2.46. The molecule has 2 aromatic rings. The minimum Gasteiger partial charge on any atom is -0.480 e. The van der Waals surface area contributed by atoms with E-state index < -0.39 is 17.4 Å². The molecule has 0 aliphatic rings. The Labute approximate surface area is 148 Å². The Morgan fingerprint density at radius 2 is 1.79 bits per heavy atom. The van der Waals surface area contributed by atoms with Crippen LogP contribution in [0, 0.1) is 6.92 Å². The van der Waals surface area contributed by atoms with E-state index in [1.807, 2.05) is 0 Å². The molecule has 2 rings (SSSR count). The average Bonchev–Trinajstić information content (AvgIpc) is 2.87. The third-order valence-electron chi connectivity index (χ3n) is 3.78. The number of benzene rings is 1. The molecule has 1 N–H and O–H groups in total. The first-order valence-corrected chi connectivity index (χ1v) is 7.72. The van der Waals surface area contributed by atoms with Crippen LogP contribution in [-0.2, 0) is 4.79 Å². The maximum atomic E-state index is 12.5. The number of halogens is 2. The molecule has 0 saturated carbocycles. The van der Waals surface area contributed by atoms with Gasteiger partial charge in [0.1, 0.15) is 17.1 Å². The Kier molecular flexibility index (Phi) is 4.87. The van der Waals surface area contributed by atoms with Crippen LogP contribution in [0.5, 0.6) is 0 Å². The van der Waals surface area contributed by atoms with Gasteiger partial charge < -0.3 is 10.0 Å². The molecule has 1 amide bonds. The van der Waals surface area contributed by atoms with Crippen molar-refractivity contribution >= 4 is 35.1 Å². The third-order valence-corrected chi connectivity index (χ3v) is 4.39.